The van der Waals surface area contributed by atoms with Gasteiger partial charge in [0.05, 0.1) is 19.6 Å². The number of carboxylic acid groups (broad SMARTS) is 3. The molecule has 0 heterocycles. The minimum atomic E-state index is -1.08. The van der Waals surface area contributed by atoms with Crippen LogP contribution in [0.3, 0.4) is 0 Å². The SMILES string of the molecule is CN(CC(=O)O)C1CCCCC1N(CC(=O)O)CC(=O)O. The second kappa shape index (κ2) is 7.94. The van der Waals surface area contributed by atoms with Crippen LogP contribution in [0.5, 0.6) is 0 Å². The quantitative estimate of drug-likeness (QED) is 0.563. The molecule has 0 aromatic rings. The molecule has 0 amide bonds. The van der Waals surface area contributed by atoms with Gasteiger partial charge in [-0.15, -0.1) is 0 Å². The first-order valence-corrected chi connectivity index (χ1v) is 6.91. The summed E-state index contributed by atoms with van der Waals surface area (Å²) < 4.78 is 0. The zero-order valence-corrected chi connectivity index (χ0v) is 12.1. The number of carbonyl (C=O) groups is 3. The highest BCUT2D eigenvalue weighted by Crippen LogP contribution is 2.26. The molecule has 8 nitrogen and oxygen atoms in total. The molecule has 0 spiro atoms. The fourth-order valence-electron chi connectivity index (χ4n) is 3.00. The molecule has 2 unspecified atom stereocenters. The van der Waals surface area contributed by atoms with Crippen LogP contribution in [0.2, 0.25) is 0 Å². The Labute approximate surface area is 122 Å². The van der Waals surface area contributed by atoms with Gasteiger partial charge in [-0.05, 0) is 19.9 Å². The average molecular weight is 302 g/mol. The minimum Gasteiger partial charge on any atom is -0.480 e. The molecule has 21 heavy (non-hydrogen) atoms. The van der Waals surface area contributed by atoms with E-state index in [1.165, 1.54) is 4.90 Å². The lowest BCUT2D eigenvalue weighted by atomic mass is 9.88. The summed E-state index contributed by atoms with van der Waals surface area (Å²) in [5.41, 5.74) is 0. The first-order valence-electron chi connectivity index (χ1n) is 6.91. The van der Waals surface area contributed by atoms with E-state index < -0.39 is 17.9 Å². The van der Waals surface area contributed by atoms with Gasteiger partial charge in [-0.3, -0.25) is 24.2 Å². The maximum absolute atomic E-state index is 10.9. The fourth-order valence-corrected chi connectivity index (χ4v) is 3.00. The van der Waals surface area contributed by atoms with Crippen LogP contribution in [-0.4, -0.2) is 81.8 Å². The monoisotopic (exact) mass is 302 g/mol. The maximum Gasteiger partial charge on any atom is 0.317 e. The zero-order valence-electron chi connectivity index (χ0n) is 12.1. The van der Waals surface area contributed by atoms with Crippen molar-refractivity contribution in [2.24, 2.45) is 0 Å². The third-order valence-corrected chi connectivity index (χ3v) is 3.79. The Morgan fingerprint density at radius 3 is 1.71 bits per heavy atom. The van der Waals surface area contributed by atoms with Crippen LogP contribution < -0.4 is 0 Å². The predicted octanol–water partition coefficient (Wildman–Crippen LogP) is -0.215. The van der Waals surface area contributed by atoms with Crippen molar-refractivity contribution in [3.05, 3.63) is 0 Å². The van der Waals surface area contributed by atoms with Gasteiger partial charge in [0.25, 0.3) is 0 Å². The standard InChI is InChI=1S/C13H22N2O6/c1-14(6-11(16)17)9-4-2-3-5-10(9)15(7-12(18)19)8-13(20)21/h9-10H,2-8H2,1H3,(H,16,17)(H,18,19)(H,20,21). The summed E-state index contributed by atoms with van der Waals surface area (Å²) in [5.74, 6) is -3.12. The first-order chi connectivity index (χ1) is 9.81. The summed E-state index contributed by atoms with van der Waals surface area (Å²) in [4.78, 5) is 35.8. The highest BCUT2D eigenvalue weighted by molar-refractivity contribution is 5.72. The van der Waals surface area contributed by atoms with E-state index in [0.717, 1.165) is 19.3 Å². The molecule has 0 radical (unpaired) electrons. The lowest BCUT2D eigenvalue weighted by Crippen LogP contribution is -2.55. The van der Waals surface area contributed by atoms with Gasteiger partial charge in [0.1, 0.15) is 0 Å². The summed E-state index contributed by atoms with van der Waals surface area (Å²) >= 11 is 0. The molecule has 8 heteroatoms. The molecule has 2 atom stereocenters. The molecular weight excluding hydrogens is 280 g/mol. The van der Waals surface area contributed by atoms with Gasteiger partial charge in [0.15, 0.2) is 0 Å². The Hall–Kier alpha value is -1.67. The second-order valence-corrected chi connectivity index (χ2v) is 5.42. The van der Waals surface area contributed by atoms with E-state index in [0.29, 0.717) is 6.42 Å². The summed E-state index contributed by atoms with van der Waals surface area (Å²) in [5, 5.41) is 26.8. The predicted molar refractivity (Wildman–Crippen MR) is 73.2 cm³/mol. The normalized spacial score (nSPS) is 22.4. The van der Waals surface area contributed by atoms with E-state index in [4.69, 9.17) is 15.3 Å². The minimum absolute atomic E-state index is 0.144. The van der Waals surface area contributed by atoms with Gasteiger partial charge in [0.2, 0.25) is 0 Å². The molecule has 1 rings (SSSR count). The molecule has 1 aliphatic rings. The molecular formula is C13H22N2O6. The van der Waals surface area contributed by atoms with E-state index in [9.17, 15) is 14.4 Å². The van der Waals surface area contributed by atoms with Crippen LogP contribution in [0.4, 0.5) is 0 Å². The molecule has 0 aromatic carbocycles. The third-order valence-electron chi connectivity index (χ3n) is 3.79. The van der Waals surface area contributed by atoms with Crippen molar-refractivity contribution in [2.45, 2.75) is 37.8 Å². The lowest BCUT2D eigenvalue weighted by Gasteiger charge is -2.42. The number of aliphatic carboxylic acids is 3. The van der Waals surface area contributed by atoms with Crippen molar-refractivity contribution >= 4 is 17.9 Å². The second-order valence-electron chi connectivity index (χ2n) is 5.42. The molecule has 0 aromatic heterocycles. The molecule has 1 saturated carbocycles. The highest BCUT2D eigenvalue weighted by Gasteiger charge is 2.34. The highest BCUT2D eigenvalue weighted by atomic mass is 16.4. The number of hydrogen-bond donors (Lipinski definition) is 3. The van der Waals surface area contributed by atoms with E-state index in [1.807, 2.05) is 0 Å². The molecule has 0 aliphatic heterocycles. The largest absolute Gasteiger partial charge is 0.480 e. The summed E-state index contributed by atoms with van der Waals surface area (Å²) in [7, 11) is 1.68. The van der Waals surface area contributed by atoms with Crippen LogP contribution in [0.25, 0.3) is 0 Å². The van der Waals surface area contributed by atoms with Crippen LogP contribution in [0, 0.1) is 0 Å². The number of likely N-dealkylation sites (N-methyl/N-ethyl adjacent to an activating group) is 1. The van der Waals surface area contributed by atoms with Gasteiger partial charge in [-0.2, -0.15) is 0 Å². The number of rotatable bonds is 8. The van der Waals surface area contributed by atoms with Crippen molar-refractivity contribution in [1.82, 2.24) is 9.80 Å². The molecule has 120 valence electrons. The van der Waals surface area contributed by atoms with E-state index in [1.54, 1.807) is 11.9 Å². The van der Waals surface area contributed by atoms with Gasteiger partial charge in [0, 0.05) is 12.1 Å². The van der Waals surface area contributed by atoms with Crippen molar-refractivity contribution in [2.75, 3.05) is 26.7 Å². The average Bonchev–Trinajstić information content (AvgIpc) is 2.36. The Kier molecular flexibility index (Phi) is 6.57. The molecule has 1 fully saturated rings. The first kappa shape index (κ1) is 17.4. The zero-order chi connectivity index (χ0) is 16.0. The van der Waals surface area contributed by atoms with Crippen molar-refractivity contribution in [3.8, 4) is 0 Å². The van der Waals surface area contributed by atoms with Gasteiger partial charge in [-0.1, -0.05) is 12.8 Å². The van der Waals surface area contributed by atoms with Crippen LogP contribution in [-0.2, 0) is 14.4 Å². The van der Waals surface area contributed by atoms with Crippen molar-refractivity contribution in [3.63, 3.8) is 0 Å². The van der Waals surface area contributed by atoms with Crippen molar-refractivity contribution < 1.29 is 29.7 Å². The summed E-state index contributed by atoms with van der Waals surface area (Å²) in [6, 6.07) is -0.399. The van der Waals surface area contributed by atoms with Crippen LogP contribution >= 0.6 is 0 Å². The Morgan fingerprint density at radius 1 is 0.857 bits per heavy atom. The fraction of sp³-hybridized carbons (Fsp3) is 0.769. The Bertz CT molecular complexity index is 384. The molecule has 3 N–H and O–H groups in total. The number of nitrogens with zero attached hydrogens (tertiary/aromatic N) is 2. The van der Waals surface area contributed by atoms with Crippen molar-refractivity contribution in [1.29, 1.82) is 0 Å². The number of carboxylic acids is 3. The molecule has 1 aliphatic carbocycles. The van der Waals surface area contributed by atoms with Crippen LogP contribution in [0.15, 0.2) is 0 Å². The maximum atomic E-state index is 10.9. The topological polar surface area (TPSA) is 118 Å². The smallest absolute Gasteiger partial charge is 0.317 e. The summed E-state index contributed by atoms with van der Waals surface area (Å²) in [6.07, 6.45) is 3.23. The molecule has 0 bridgehead atoms. The van der Waals surface area contributed by atoms with Gasteiger partial charge < -0.3 is 15.3 Å². The van der Waals surface area contributed by atoms with E-state index in [2.05, 4.69) is 0 Å². The molecule has 0 saturated heterocycles. The van der Waals surface area contributed by atoms with Gasteiger partial charge in [-0.25, -0.2) is 0 Å². The summed E-state index contributed by atoms with van der Waals surface area (Å²) in [6.45, 7) is -0.849. The Balaban J connectivity index is 2.86. The van der Waals surface area contributed by atoms with E-state index >= 15 is 0 Å². The van der Waals surface area contributed by atoms with E-state index in [-0.39, 0.29) is 31.7 Å². The number of hydrogen-bond acceptors (Lipinski definition) is 5. The van der Waals surface area contributed by atoms with Gasteiger partial charge >= 0.3 is 17.9 Å². The third kappa shape index (κ3) is 5.68. The van der Waals surface area contributed by atoms with Crippen LogP contribution in [0.1, 0.15) is 25.7 Å². The Morgan fingerprint density at radius 2 is 1.29 bits per heavy atom. The lowest BCUT2D eigenvalue weighted by molar-refractivity contribution is -0.145.